The fourth-order valence-electron chi connectivity index (χ4n) is 1.12. The number of hydrogen-bond donors (Lipinski definition) is 3. The zero-order valence-corrected chi connectivity index (χ0v) is 10.8. The summed E-state index contributed by atoms with van der Waals surface area (Å²) in [7, 11) is 0. The minimum atomic E-state index is -1.06. The van der Waals surface area contributed by atoms with Crippen LogP contribution in [0.2, 0.25) is 0 Å². The molecule has 0 spiro atoms. The van der Waals surface area contributed by atoms with Crippen molar-refractivity contribution in [3.05, 3.63) is 0 Å². The molecule has 0 heterocycles. The lowest BCUT2D eigenvalue weighted by atomic mass is 10.2. The van der Waals surface area contributed by atoms with Gasteiger partial charge < -0.3 is 15.7 Å². The smallest absolute Gasteiger partial charge is 0.326 e. The average molecular weight is 262 g/mol. The lowest BCUT2D eigenvalue weighted by molar-refractivity contribution is -0.141. The molecule has 0 rings (SSSR count). The highest BCUT2D eigenvalue weighted by molar-refractivity contribution is 7.99. The van der Waals surface area contributed by atoms with Crippen LogP contribution in [0.25, 0.3) is 0 Å². The topological polar surface area (TPSA) is 95.5 Å². The molecule has 98 valence electrons. The maximum Gasteiger partial charge on any atom is 0.326 e. The number of carboxylic acids is 1. The first-order valence-corrected chi connectivity index (χ1v) is 6.47. The molecular formula is C10H18N2O4S. The molecule has 1 atom stereocenters. The van der Waals surface area contributed by atoms with Gasteiger partial charge in [-0.3, -0.25) is 9.59 Å². The fraction of sp³-hybridized carbons (Fsp3) is 0.700. The van der Waals surface area contributed by atoms with Crippen LogP contribution >= 0.6 is 11.8 Å². The Kier molecular flexibility index (Phi) is 8.21. The number of amides is 2. The summed E-state index contributed by atoms with van der Waals surface area (Å²) in [6, 6.07) is -0.880. The third-order valence-corrected chi connectivity index (χ3v) is 2.82. The van der Waals surface area contributed by atoms with Crippen molar-refractivity contribution in [3.8, 4) is 0 Å². The van der Waals surface area contributed by atoms with Crippen molar-refractivity contribution in [1.82, 2.24) is 10.6 Å². The van der Waals surface area contributed by atoms with Crippen LogP contribution in [0.3, 0.4) is 0 Å². The number of carbonyl (C=O) groups is 3. The molecule has 6 nitrogen and oxygen atoms in total. The van der Waals surface area contributed by atoms with Crippen LogP contribution in [0.1, 0.15) is 20.3 Å². The first-order chi connectivity index (χ1) is 7.97. The number of nitrogens with one attached hydrogen (secondary N) is 2. The number of carbonyl (C=O) groups excluding carboxylic acids is 2. The summed E-state index contributed by atoms with van der Waals surface area (Å²) in [5, 5.41) is 13.8. The van der Waals surface area contributed by atoms with E-state index in [0.717, 1.165) is 0 Å². The quantitative estimate of drug-likeness (QED) is 0.528. The van der Waals surface area contributed by atoms with Crippen LogP contribution < -0.4 is 10.6 Å². The van der Waals surface area contributed by atoms with E-state index in [1.807, 2.05) is 6.92 Å². The minimum Gasteiger partial charge on any atom is -0.480 e. The molecule has 0 bridgehead atoms. The van der Waals surface area contributed by atoms with E-state index in [-0.39, 0.29) is 11.8 Å². The van der Waals surface area contributed by atoms with E-state index in [2.05, 4.69) is 10.6 Å². The lowest BCUT2D eigenvalue weighted by Gasteiger charge is -2.12. The van der Waals surface area contributed by atoms with E-state index >= 15 is 0 Å². The molecule has 3 N–H and O–H groups in total. The standard InChI is InChI=1S/C10H18N2O4S/c1-3-11-9(14)6-17-5-4-8(10(15)16)12-7(2)13/h8H,3-6H2,1-2H3,(H,11,14)(H,12,13)(H,15,16). The zero-order chi connectivity index (χ0) is 13.3. The second-order valence-electron chi connectivity index (χ2n) is 3.39. The summed E-state index contributed by atoms with van der Waals surface area (Å²) in [4.78, 5) is 32.6. The van der Waals surface area contributed by atoms with Crippen molar-refractivity contribution in [2.45, 2.75) is 26.3 Å². The van der Waals surface area contributed by atoms with Gasteiger partial charge in [0.1, 0.15) is 6.04 Å². The second-order valence-corrected chi connectivity index (χ2v) is 4.49. The molecule has 1 unspecified atom stereocenters. The van der Waals surface area contributed by atoms with Crippen molar-refractivity contribution in [2.75, 3.05) is 18.1 Å². The first-order valence-electron chi connectivity index (χ1n) is 5.31. The molecule has 0 saturated carbocycles. The number of hydrogen-bond acceptors (Lipinski definition) is 4. The number of aliphatic carboxylic acids is 1. The van der Waals surface area contributed by atoms with Gasteiger partial charge in [0.25, 0.3) is 0 Å². The summed E-state index contributed by atoms with van der Waals surface area (Å²) in [6.45, 7) is 3.70. The molecule has 17 heavy (non-hydrogen) atoms. The Morgan fingerprint density at radius 1 is 1.35 bits per heavy atom. The van der Waals surface area contributed by atoms with Crippen LogP contribution in [0.15, 0.2) is 0 Å². The number of rotatable bonds is 8. The molecule has 7 heteroatoms. The Balaban J connectivity index is 3.79. The number of thioether (sulfide) groups is 1. The van der Waals surface area contributed by atoms with Crippen LogP contribution in [-0.2, 0) is 14.4 Å². The molecule has 0 aliphatic carbocycles. The molecule has 0 saturated heterocycles. The van der Waals surface area contributed by atoms with Crippen molar-refractivity contribution in [1.29, 1.82) is 0 Å². The minimum absolute atomic E-state index is 0.0658. The van der Waals surface area contributed by atoms with E-state index in [1.165, 1.54) is 18.7 Å². The molecule has 0 aromatic carbocycles. The molecule has 0 aromatic rings. The normalized spacial score (nSPS) is 11.6. The maximum absolute atomic E-state index is 11.1. The van der Waals surface area contributed by atoms with Crippen LogP contribution in [0.5, 0.6) is 0 Å². The Morgan fingerprint density at radius 2 is 2.00 bits per heavy atom. The van der Waals surface area contributed by atoms with E-state index in [9.17, 15) is 14.4 Å². The van der Waals surface area contributed by atoms with Crippen molar-refractivity contribution in [3.63, 3.8) is 0 Å². The first kappa shape index (κ1) is 15.8. The van der Waals surface area contributed by atoms with Gasteiger partial charge in [-0.15, -0.1) is 0 Å². The zero-order valence-electron chi connectivity index (χ0n) is 9.99. The molecule has 0 aliphatic rings. The van der Waals surface area contributed by atoms with Gasteiger partial charge >= 0.3 is 5.97 Å². The predicted molar refractivity (Wildman–Crippen MR) is 65.9 cm³/mol. The summed E-state index contributed by atoms with van der Waals surface area (Å²) >= 11 is 1.35. The molecule has 0 radical (unpaired) electrons. The Hall–Kier alpha value is -1.24. The molecule has 2 amide bonds. The van der Waals surface area contributed by atoms with Gasteiger partial charge in [-0.05, 0) is 19.1 Å². The highest BCUT2D eigenvalue weighted by atomic mass is 32.2. The van der Waals surface area contributed by atoms with Gasteiger partial charge in [0.15, 0.2) is 0 Å². The Labute approximate surface area is 105 Å². The van der Waals surface area contributed by atoms with E-state index in [4.69, 9.17) is 5.11 Å². The summed E-state index contributed by atoms with van der Waals surface area (Å²) in [6.07, 6.45) is 0.305. The van der Waals surface area contributed by atoms with Crippen molar-refractivity contribution >= 4 is 29.5 Å². The lowest BCUT2D eigenvalue weighted by Crippen LogP contribution is -2.40. The van der Waals surface area contributed by atoms with E-state index in [1.54, 1.807) is 0 Å². The Bertz CT molecular complexity index is 283. The van der Waals surface area contributed by atoms with E-state index < -0.39 is 12.0 Å². The SMILES string of the molecule is CCNC(=O)CSCCC(NC(C)=O)C(=O)O. The van der Waals surface area contributed by atoms with Gasteiger partial charge in [0.2, 0.25) is 11.8 Å². The summed E-state index contributed by atoms with van der Waals surface area (Å²) < 4.78 is 0. The molecular weight excluding hydrogens is 244 g/mol. The van der Waals surface area contributed by atoms with Crippen molar-refractivity contribution < 1.29 is 19.5 Å². The monoisotopic (exact) mass is 262 g/mol. The summed E-state index contributed by atoms with van der Waals surface area (Å²) in [5.74, 6) is -0.678. The maximum atomic E-state index is 11.1. The predicted octanol–water partition coefficient (Wildman–Crippen LogP) is -0.165. The Morgan fingerprint density at radius 3 is 2.47 bits per heavy atom. The fourth-order valence-corrected chi connectivity index (χ4v) is 1.95. The van der Waals surface area contributed by atoms with E-state index in [0.29, 0.717) is 24.5 Å². The van der Waals surface area contributed by atoms with Gasteiger partial charge in [-0.2, -0.15) is 11.8 Å². The van der Waals surface area contributed by atoms with Gasteiger partial charge in [0.05, 0.1) is 5.75 Å². The third kappa shape index (κ3) is 8.56. The molecule has 0 aliphatic heterocycles. The van der Waals surface area contributed by atoms with Crippen LogP contribution in [0.4, 0.5) is 0 Å². The second kappa shape index (κ2) is 8.86. The van der Waals surface area contributed by atoms with Crippen LogP contribution in [0, 0.1) is 0 Å². The highest BCUT2D eigenvalue weighted by Crippen LogP contribution is 2.05. The number of carboxylic acid groups (broad SMARTS) is 1. The average Bonchev–Trinajstić information content (AvgIpc) is 2.22. The third-order valence-electron chi connectivity index (χ3n) is 1.83. The van der Waals surface area contributed by atoms with Gasteiger partial charge in [0, 0.05) is 13.5 Å². The van der Waals surface area contributed by atoms with Gasteiger partial charge in [-0.25, -0.2) is 4.79 Å². The largest absolute Gasteiger partial charge is 0.480 e. The van der Waals surface area contributed by atoms with Gasteiger partial charge in [-0.1, -0.05) is 0 Å². The highest BCUT2D eigenvalue weighted by Gasteiger charge is 2.17. The molecule has 0 fully saturated rings. The van der Waals surface area contributed by atoms with Crippen molar-refractivity contribution in [2.24, 2.45) is 0 Å². The molecule has 0 aromatic heterocycles. The van der Waals surface area contributed by atoms with Crippen LogP contribution in [-0.4, -0.2) is 47.0 Å². The summed E-state index contributed by atoms with van der Waals surface area (Å²) in [5.41, 5.74) is 0.